The number of hydrogen-bond acceptors (Lipinski definition) is 6. The van der Waals surface area contributed by atoms with Crippen LogP contribution in [0.25, 0.3) is 0 Å². The molecule has 0 aromatic heterocycles. The molecular formula is C20H22O6. The molecule has 0 bridgehead atoms. The Bertz CT molecular complexity index is 726. The Morgan fingerprint density at radius 3 is 2.27 bits per heavy atom. The molecule has 0 radical (unpaired) electrons. The topological polar surface area (TPSA) is 71.1 Å². The van der Waals surface area contributed by atoms with Crippen LogP contribution < -0.4 is 9.47 Å². The van der Waals surface area contributed by atoms with Crippen LogP contribution in [0.15, 0.2) is 48.5 Å². The van der Waals surface area contributed by atoms with Crippen molar-refractivity contribution in [2.75, 3.05) is 13.4 Å². The van der Waals surface area contributed by atoms with Crippen molar-refractivity contribution in [2.24, 2.45) is 0 Å². The maximum atomic E-state index is 10.6. The Kier molecular flexibility index (Phi) is 7.49. The lowest BCUT2D eigenvalue weighted by Gasteiger charge is -2.02. The molecule has 1 heterocycles. The molecule has 2 aromatic rings. The second kappa shape index (κ2) is 10.1. The molecule has 0 aliphatic carbocycles. The molecule has 2 aromatic carbocycles. The highest BCUT2D eigenvalue weighted by Crippen LogP contribution is 2.32. The van der Waals surface area contributed by atoms with E-state index in [1.807, 2.05) is 42.5 Å². The smallest absolute Gasteiger partial charge is 0.302 e. The van der Waals surface area contributed by atoms with Crippen molar-refractivity contribution < 1.29 is 28.5 Å². The summed E-state index contributed by atoms with van der Waals surface area (Å²) in [4.78, 5) is 21.0. The Morgan fingerprint density at radius 2 is 1.58 bits per heavy atom. The molecule has 0 unspecified atom stereocenters. The lowest BCUT2D eigenvalue weighted by molar-refractivity contribution is -0.142. The van der Waals surface area contributed by atoms with Crippen molar-refractivity contribution in [3.05, 3.63) is 59.7 Å². The van der Waals surface area contributed by atoms with Gasteiger partial charge in [0, 0.05) is 20.3 Å². The van der Waals surface area contributed by atoms with Crippen LogP contribution in [-0.4, -0.2) is 25.3 Å². The number of carbonyl (C=O) groups is 2. The molecule has 0 saturated carbocycles. The first-order valence-corrected chi connectivity index (χ1v) is 8.24. The number of carbonyl (C=O) groups excluding carboxylic acids is 2. The van der Waals surface area contributed by atoms with Crippen LogP contribution in [-0.2, 0) is 32.1 Å². The largest absolute Gasteiger partial charge is 0.466 e. The zero-order valence-corrected chi connectivity index (χ0v) is 14.9. The van der Waals surface area contributed by atoms with Gasteiger partial charge < -0.3 is 18.9 Å². The van der Waals surface area contributed by atoms with E-state index in [4.69, 9.17) is 18.9 Å². The van der Waals surface area contributed by atoms with E-state index in [-0.39, 0.29) is 25.3 Å². The van der Waals surface area contributed by atoms with Gasteiger partial charge in [-0.2, -0.15) is 0 Å². The van der Waals surface area contributed by atoms with Crippen molar-refractivity contribution in [3.8, 4) is 11.5 Å². The SMILES string of the molecule is CC(=O)OCCc1ccccc1.CC(=O)OCc1ccc2c(c1)OCO2. The summed E-state index contributed by atoms with van der Waals surface area (Å²) in [6, 6.07) is 15.4. The second-order valence-electron chi connectivity index (χ2n) is 5.54. The first-order chi connectivity index (χ1) is 12.5. The van der Waals surface area contributed by atoms with Gasteiger partial charge in [0.1, 0.15) is 6.61 Å². The van der Waals surface area contributed by atoms with Crippen LogP contribution in [0.5, 0.6) is 11.5 Å². The number of hydrogen-bond donors (Lipinski definition) is 0. The number of esters is 2. The predicted molar refractivity (Wildman–Crippen MR) is 94.8 cm³/mol. The normalized spacial score (nSPS) is 11.2. The van der Waals surface area contributed by atoms with Gasteiger partial charge in [-0.1, -0.05) is 36.4 Å². The van der Waals surface area contributed by atoms with E-state index in [2.05, 4.69) is 0 Å². The van der Waals surface area contributed by atoms with Crippen LogP contribution in [0.4, 0.5) is 0 Å². The molecule has 6 nitrogen and oxygen atoms in total. The highest BCUT2D eigenvalue weighted by atomic mass is 16.7. The lowest BCUT2D eigenvalue weighted by Crippen LogP contribution is -2.02. The van der Waals surface area contributed by atoms with Crippen molar-refractivity contribution in [3.63, 3.8) is 0 Å². The minimum absolute atomic E-state index is 0.217. The van der Waals surface area contributed by atoms with Gasteiger partial charge in [-0.25, -0.2) is 0 Å². The minimum Gasteiger partial charge on any atom is -0.466 e. The molecule has 0 atom stereocenters. The van der Waals surface area contributed by atoms with Gasteiger partial charge in [0.05, 0.1) is 6.61 Å². The van der Waals surface area contributed by atoms with Crippen LogP contribution >= 0.6 is 0 Å². The molecule has 0 fully saturated rings. The van der Waals surface area contributed by atoms with E-state index in [0.29, 0.717) is 12.4 Å². The molecule has 6 heteroatoms. The molecule has 0 saturated heterocycles. The predicted octanol–water partition coefficient (Wildman–Crippen LogP) is 3.27. The third-order valence-electron chi connectivity index (χ3n) is 3.42. The van der Waals surface area contributed by atoms with Gasteiger partial charge in [0.2, 0.25) is 6.79 Å². The van der Waals surface area contributed by atoms with E-state index >= 15 is 0 Å². The zero-order valence-electron chi connectivity index (χ0n) is 14.9. The average Bonchev–Trinajstić information content (AvgIpc) is 3.09. The van der Waals surface area contributed by atoms with Crippen molar-refractivity contribution in [2.45, 2.75) is 26.9 Å². The molecule has 3 rings (SSSR count). The summed E-state index contributed by atoms with van der Waals surface area (Å²) in [5, 5.41) is 0. The molecule has 138 valence electrons. The Hall–Kier alpha value is -3.02. The molecule has 0 N–H and O–H groups in total. The van der Waals surface area contributed by atoms with Crippen molar-refractivity contribution in [1.29, 1.82) is 0 Å². The van der Waals surface area contributed by atoms with Gasteiger partial charge in [0.25, 0.3) is 0 Å². The summed E-state index contributed by atoms with van der Waals surface area (Å²) < 4.78 is 20.0. The summed E-state index contributed by atoms with van der Waals surface area (Å²) in [6.45, 7) is 3.80. The Balaban J connectivity index is 0.000000190. The Morgan fingerprint density at radius 1 is 0.885 bits per heavy atom. The highest BCUT2D eigenvalue weighted by Gasteiger charge is 2.13. The van der Waals surface area contributed by atoms with Gasteiger partial charge in [-0.3, -0.25) is 9.59 Å². The standard InChI is InChI=1S/C10H10O4.C10H12O2/c1-7(11)12-5-8-2-3-9-10(4-8)14-6-13-9;1-9(11)12-8-7-10-5-3-2-4-6-10/h2-4H,5-6H2,1H3;2-6H,7-8H2,1H3. The maximum Gasteiger partial charge on any atom is 0.302 e. The first kappa shape index (κ1) is 19.3. The van der Waals surface area contributed by atoms with Gasteiger partial charge in [-0.05, 0) is 23.3 Å². The minimum atomic E-state index is -0.289. The number of fused-ring (bicyclic) bond motifs is 1. The zero-order chi connectivity index (χ0) is 18.8. The fourth-order valence-corrected chi connectivity index (χ4v) is 2.17. The lowest BCUT2D eigenvalue weighted by atomic mass is 10.2. The fourth-order valence-electron chi connectivity index (χ4n) is 2.17. The summed E-state index contributed by atoms with van der Waals surface area (Å²) in [6.07, 6.45) is 0.792. The summed E-state index contributed by atoms with van der Waals surface area (Å²) in [5.41, 5.74) is 2.09. The third-order valence-corrected chi connectivity index (χ3v) is 3.42. The van der Waals surface area contributed by atoms with E-state index < -0.39 is 0 Å². The fraction of sp³-hybridized carbons (Fsp3) is 0.300. The molecule has 1 aliphatic heterocycles. The highest BCUT2D eigenvalue weighted by molar-refractivity contribution is 5.66. The maximum absolute atomic E-state index is 10.6. The summed E-state index contributed by atoms with van der Waals surface area (Å²) in [7, 11) is 0. The monoisotopic (exact) mass is 358 g/mol. The number of benzene rings is 2. The second-order valence-corrected chi connectivity index (χ2v) is 5.54. The molecule has 0 spiro atoms. The van der Waals surface area contributed by atoms with Crippen LogP contribution in [0, 0.1) is 0 Å². The summed E-state index contributed by atoms with van der Waals surface area (Å²) >= 11 is 0. The van der Waals surface area contributed by atoms with Gasteiger partial charge >= 0.3 is 11.9 Å². The molecule has 1 aliphatic rings. The van der Waals surface area contributed by atoms with Crippen molar-refractivity contribution in [1.82, 2.24) is 0 Å². The van der Waals surface area contributed by atoms with E-state index in [9.17, 15) is 9.59 Å². The molecule has 0 amide bonds. The van der Waals surface area contributed by atoms with Crippen molar-refractivity contribution >= 4 is 11.9 Å². The Labute approximate surface area is 152 Å². The molecule has 26 heavy (non-hydrogen) atoms. The number of ether oxygens (including phenoxy) is 4. The van der Waals surface area contributed by atoms with Gasteiger partial charge in [-0.15, -0.1) is 0 Å². The average molecular weight is 358 g/mol. The first-order valence-electron chi connectivity index (χ1n) is 8.24. The van der Waals surface area contributed by atoms with E-state index in [0.717, 1.165) is 17.7 Å². The quantitative estimate of drug-likeness (QED) is 0.764. The van der Waals surface area contributed by atoms with Crippen LogP contribution in [0.2, 0.25) is 0 Å². The van der Waals surface area contributed by atoms with E-state index in [1.54, 1.807) is 6.07 Å². The van der Waals surface area contributed by atoms with Crippen LogP contribution in [0.3, 0.4) is 0 Å². The summed E-state index contributed by atoms with van der Waals surface area (Å²) in [5.74, 6) is 0.930. The van der Waals surface area contributed by atoms with Gasteiger partial charge in [0.15, 0.2) is 11.5 Å². The molecular weight excluding hydrogens is 336 g/mol. The number of rotatable bonds is 5. The van der Waals surface area contributed by atoms with Crippen LogP contribution in [0.1, 0.15) is 25.0 Å². The third kappa shape index (κ3) is 6.84. The van der Waals surface area contributed by atoms with E-state index in [1.165, 1.54) is 19.4 Å².